The summed E-state index contributed by atoms with van der Waals surface area (Å²) in [5.74, 6) is 0.126. The highest BCUT2D eigenvalue weighted by molar-refractivity contribution is 5.66. The summed E-state index contributed by atoms with van der Waals surface area (Å²) in [5.41, 5.74) is 0. The predicted molar refractivity (Wildman–Crippen MR) is 56.4 cm³/mol. The van der Waals surface area contributed by atoms with Gasteiger partial charge >= 0.3 is 5.97 Å². The molecule has 0 amide bonds. The Balaban J connectivity index is 1.82. The van der Waals surface area contributed by atoms with Gasteiger partial charge in [-0.15, -0.1) is 0 Å². The molecule has 7 nitrogen and oxygen atoms in total. The van der Waals surface area contributed by atoms with Gasteiger partial charge in [-0.2, -0.15) is 4.98 Å². The summed E-state index contributed by atoms with van der Waals surface area (Å²) in [6, 6.07) is 0. The SMILES string of the molecule is O=C(O)CCc1nc(CN2CCOCC2)no1. The Kier molecular flexibility index (Phi) is 4.05. The minimum Gasteiger partial charge on any atom is -0.481 e. The smallest absolute Gasteiger partial charge is 0.303 e. The topological polar surface area (TPSA) is 88.7 Å². The molecule has 1 fully saturated rings. The number of hydrogen-bond acceptors (Lipinski definition) is 6. The third-order valence-electron chi connectivity index (χ3n) is 2.53. The largest absolute Gasteiger partial charge is 0.481 e. The van der Waals surface area contributed by atoms with E-state index in [2.05, 4.69) is 15.0 Å². The molecule has 1 aromatic rings. The number of aliphatic carboxylic acids is 1. The van der Waals surface area contributed by atoms with Crippen LogP contribution in [0.5, 0.6) is 0 Å². The lowest BCUT2D eigenvalue weighted by Crippen LogP contribution is -2.35. The van der Waals surface area contributed by atoms with Crippen molar-refractivity contribution >= 4 is 5.97 Å². The zero-order chi connectivity index (χ0) is 12.1. The van der Waals surface area contributed by atoms with E-state index in [4.69, 9.17) is 14.4 Å². The number of rotatable bonds is 5. The van der Waals surface area contributed by atoms with Crippen LogP contribution in [0.1, 0.15) is 18.1 Å². The highest BCUT2D eigenvalue weighted by atomic mass is 16.5. The van der Waals surface area contributed by atoms with Gasteiger partial charge in [-0.3, -0.25) is 9.69 Å². The van der Waals surface area contributed by atoms with E-state index >= 15 is 0 Å². The first-order valence-corrected chi connectivity index (χ1v) is 5.57. The van der Waals surface area contributed by atoms with Crippen LogP contribution in [0.15, 0.2) is 4.52 Å². The second-order valence-electron chi connectivity index (χ2n) is 3.89. The van der Waals surface area contributed by atoms with Crippen molar-refractivity contribution in [1.82, 2.24) is 15.0 Å². The molecule has 1 saturated heterocycles. The van der Waals surface area contributed by atoms with E-state index in [1.807, 2.05) is 0 Å². The monoisotopic (exact) mass is 241 g/mol. The first kappa shape index (κ1) is 12.0. The van der Waals surface area contributed by atoms with Crippen molar-refractivity contribution in [3.63, 3.8) is 0 Å². The highest BCUT2D eigenvalue weighted by Gasteiger charge is 2.14. The van der Waals surface area contributed by atoms with E-state index in [0.29, 0.717) is 18.3 Å². The normalized spacial score (nSPS) is 17.2. The van der Waals surface area contributed by atoms with E-state index in [-0.39, 0.29) is 12.8 Å². The molecular weight excluding hydrogens is 226 g/mol. The summed E-state index contributed by atoms with van der Waals surface area (Å²) in [6.07, 6.45) is 0.296. The lowest BCUT2D eigenvalue weighted by Gasteiger charge is -2.24. The quantitative estimate of drug-likeness (QED) is 0.771. The van der Waals surface area contributed by atoms with Crippen molar-refractivity contribution in [2.45, 2.75) is 19.4 Å². The maximum atomic E-state index is 10.4. The Labute approximate surface area is 98.4 Å². The minimum absolute atomic E-state index is 0.0131. The van der Waals surface area contributed by atoms with Crippen molar-refractivity contribution in [1.29, 1.82) is 0 Å². The van der Waals surface area contributed by atoms with Crippen LogP contribution in [0.25, 0.3) is 0 Å². The molecule has 0 aliphatic carbocycles. The summed E-state index contributed by atoms with van der Waals surface area (Å²) in [4.78, 5) is 16.7. The van der Waals surface area contributed by atoms with Crippen LogP contribution >= 0.6 is 0 Å². The Morgan fingerprint density at radius 3 is 2.88 bits per heavy atom. The van der Waals surface area contributed by atoms with E-state index < -0.39 is 5.97 Å². The molecule has 7 heteroatoms. The number of aromatic nitrogens is 2. The van der Waals surface area contributed by atoms with E-state index in [1.54, 1.807) is 0 Å². The fourth-order valence-electron chi connectivity index (χ4n) is 1.63. The number of hydrogen-bond donors (Lipinski definition) is 1. The maximum absolute atomic E-state index is 10.4. The van der Waals surface area contributed by atoms with E-state index in [0.717, 1.165) is 26.3 Å². The Morgan fingerprint density at radius 1 is 1.41 bits per heavy atom. The molecule has 0 bridgehead atoms. The Bertz CT molecular complexity index is 373. The maximum Gasteiger partial charge on any atom is 0.303 e. The molecule has 1 N–H and O–H groups in total. The van der Waals surface area contributed by atoms with Gasteiger partial charge in [0.25, 0.3) is 0 Å². The van der Waals surface area contributed by atoms with Gasteiger partial charge in [0.2, 0.25) is 5.89 Å². The number of carbonyl (C=O) groups is 1. The van der Waals surface area contributed by atoms with Crippen molar-refractivity contribution < 1.29 is 19.2 Å². The number of carboxylic acids is 1. The van der Waals surface area contributed by atoms with Crippen molar-refractivity contribution in [2.75, 3.05) is 26.3 Å². The number of morpholine rings is 1. The second-order valence-corrected chi connectivity index (χ2v) is 3.89. The predicted octanol–water partition coefficient (Wildman–Crippen LogP) is -0.0810. The lowest BCUT2D eigenvalue weighted by molar-refractivity contribution is -0.137. The Morgan fingerprint density at radius 2 is 2.18 bits per heavy atom. The molecule has 0 atom stereocenters. The van der Waals surface area contributed by atoms with Gasteiger partial charge < -0.3 is 14.4 Å². The molecule has 0 spiro atoms. The van der Waals surface area contributed by atoms with Gasteiger partial charge in [0.15, 0.2) is 5.82 Å². The van der Waals surface area contributed by atoms with E-state index in [1.165, 1.54) is 0 Å². The van der Waals surface area contributed by atoms with Crippen molar-refractivity contribution in [3.8, 4) is 0 Å². The molecule has 0 radical (unpaired) electrons. The Hall–Kier alpha value is -1.47. The van der Waals surface area contributed by atoms with Crippen LogP contribution < -0.4 is 0 Å². The molecule has 2 heterocycles. The molecule has 0 unspecified atom stereocenters. The fourth-order valence-corrected chi connectivity index (χ4v) is 1.63. The molecule has 0 saturated carbocycles. The number of aryl methyl sites for hydroxylation is 1. The summed E-state index contributed by atoms with van der Waals surface area (Å²) in [6.45, 7) is 3.80. The molecule has 1 aliphatic heterocycles. The molecule has 1 aliphatic rings. The first-order chi connectivity index (χ1) is 8.24. The van der Waals surface area contributed by atoms with Gasteiger partial charge in [0, 0.05) is 19.5 Å². The minimum atomic E-state index is -0.863. The summed E-state index contributed by atoms with van der Waals surface area (Å²) in [7, 11) is 0. The fraction of sp³-hybridized carbons (Fsp3) is 0.700. The standard InChI is InChI=1S/C10H15N3O4/c14-10(15)2-1-9-11-8(12-17-9)7-13-3-5-16-6-4-13/h1-7H2,(H,14,15). The lowest BCUT2D eigenvalue weighted by atomic mass is 10.3. The van der Waals surface area contributed by atoms with Crippen LogP contribution in [0.4, 0.5) is 0 Å². The first-order valence-electron chi connectivity index (χ1n) is 5.57. The third-order valence-corrected chi connectivity index (χ3v) is 2.53. The average Bonchev–Trinajstić information content (AvgIpc) is 2.75. The zero-order valence-corrected chi connectivity index (χ0v) is 9.46. The molecule has 1 aromatic heterocycles. The van der Waals surface area contributed by atoms with Crippen LogP contribution in [-0.2, 0) is 22.5 Å². The number of carboxylic acid groups (broad SMARTS) is 1. The molecule has 94 valence electrons. The van der Waals surface area contributed by atoms with Gasteiger partial charge in [0.1, 0.15) is 0 Å². The highest BCUT2D eigenvalue weighted by Crippen LogP contribution is 2.06. The number of ether oxygens (including phenoxy) is 1. The third kappa shape index (κ3) is 3.79. The summed E-state index contributed by atoms with van der Waals surface area (Å²) in [5, 5.41) is 12.4. The second kappa shape index (κ2) is 5.74. The summed E-state index contributed by atoms with van der Waals surface area (Å²) >= 11 is 0. The number of nitrogens with zero attached hydrogens (tertiary/aromatic N) is 3. The molecular formula is C10H15N3O4. The van der Waals surface area contributed by atoms with Gasteiger partial charge in [0.05, 0.1) is 26.2 Å². The van der Waals surface area contributed by atoms with Crippen LogP contribution in [-0.4, -0.2) is 52.4 Å². The van der Waals surface area contributed by atoms with Crippen LogP contribution in [0.3, 0.4) is 0 Å². The summed E-state index contributed by atoms with van der Waals surface area (Å²) < 4.78 is 10.2. The van der Waals surface area contributed by atoms with E-state index in [9.17, 15) is 4.79 Å². The molecule has 17 heavy (non-hydrogen) atoms. The van der Waals surface area contributed by atoms with Crippen LogP contribution in [0, 0.1) is 0 Å². The average molecular weight is 241 g/mol. The molecule has 2 rings (SSSR count). The van der Waals surface area contributed by atoms with Crippen LogP contribution in [0.2, 0.25) is 0 Å². The van der Waals surface area contributed by atoms with Gasteiger partial charge in [-0.25, -0.2) is 0 Å². The zero-order valence-electron chi connectivity index (χ0n) is 9.46. The van der Waals surface area contributed by atoms with Gasteiger partial charge in [-0.1, -0.05) is 5.16 Å². The van der Waals surface area contributed by atoms with Gasteiger partial charge in [-0.05, 0) is 0 Å². The van der Waals surface area contributed by atoms with Crippen molar-refractivity contribution in [2.24, 2.45) is 0 Å². The molecule has 0 aromatic carbocycles. The van der Waals surface area contributed by atoms with Crippen molar-refractivity contribution in [3.05, 3.63) is 11.7 Å².